The molecule has 1 aromatic heterocycles. The number of ether oxygens (including phenoxy) is 1. The Bertz CT molecular complexity index is 663. The zero-order valence-corrected chi connectivity index (χ0v) is 14.1. The summed E-state index contributed by atoms with van der Waals surface area (Å²) >= 11 is 0. The molecule has 1 N–H and O–H groups in total. The number of anilines is 1. The van der Waals surface area contributed by atoms with Gasteiger partial charge in [-0.1, -0.05) is 0 Å². The van der Waals surface area contributed by atoms with Crippen molar-refractivity contribution in [3.63, 3.8) is 0 Å². The largest absolute Gasteiger partial charge is 0.491 e. The van der Waals surface area contributed by atoms with Gasteiger partial charge in [-0.05, 0) is 50.2 Å². The molecule has 6 heteroatoms. The highest BCUT2D eigenvalue weighted by Crippen LogP contribution is 2.17. The van der Waals surface area contributed by atoms with Crippen molar-refractivity contribution < 1.29 is 18.7 Å². The van der Waals surface area contributed by atoms with Crippen LogP contribution in [0.15, 0.2) is 47.1 Å². The van der Waals surface area contributed by atoms with Crippen LogP contribution in [0.4, 0.5) is 5.69 Å². The maximum absolute atomic E-state index is 12.2. The second kappa shape index (κ2) is 8.19. The number of carbonyl (C=O) groups excluding carboxylic acids is 2. The molecule has 0 saturated heterocycles. The van der Waals surface area contributed by atoms with E-state index in [9.17, 15) is 9.59 Å². The third-order valence-electron chi connectivity index (χ3n) is 3.22. The molecular formula is C18H22N2O4. The molecule has 2 aromatic rings. The zero-order chi connectivity index (χ0) is 17.5. The van der Waals surface area contributed by atoms with Crippen molar-refractivity contribution in [2.45, 2.75) is 33.4 Å². The summed E-state index contributed by atoms with van der Waals surface area (Å²) in [7, 11) is 0. The monoisotopic (exact) mass is 330 g/mol. The summed E-state index contributed by atoms with van der Waals surface area (Å²) in [6.45, 7) is 5.54. The highest BCUT2D eigenvalue weighted by atomic mass is 16.5. The molecule has 1 aromatic carbocycles. The number of amides is 2. The molecule has 0 radical (unpaired) electrons. The van der Waals surface area contributed by atoms with Gasteiger partial charge in [-0.3, -0.25) is 9.59 Å². The molecule has 0 spiro atoms. The van der Waals surface area contributed by atoms with Crippen LogP contribution in [-0.4, -0.2) is 29.4 Å². The molecule has 0 fully saturated rings. The van der Waals surface area contributed by atoms with Crippen molar-refractivity contribution in [1.82, 2.24) is 4.90 Å². The second-order valence-electron chi connectivity index (χ2n) is 5.69. The molecule has 0 aliphatic heterocycles. The Labute approximate surface area is 141 Å². The second-order valence-corrected chi connectivity index (χ2v) is 5.69. The van der Waals surface area contributed by atoms with Gasteiger partial charge in [0.05, 0.1) is 18.9 Å². The van der Waals surface area contributed by atoms with Crippen LogP contribution in [0.5, 0.6) is 5.75 Å². The summed E-state index contributed by atoms with van der Waals surface area (Å²) < 4.78 is 10.8. The third-order valence-corrected chi connectivity index (χ3v) is 3.22. The minimum absolute atomic E-state index is 0.0414. The van der Waals surface area contributed by atoms with Crippen LogP contribution < -0.4 is 10.1 Å². The summed E-state index contributed by atoms with van der Waals surface area (Å²) in [5.41, 5.74) is 0.651. The molecule has 0 bridgehead atoms. The first-order valence-electron chi connectivity index (χ1n) is 7.78. The average Bonchev–Trinajstić information content (AvgIpc) is 3.01. The number of carbonyl (C=O) groups is 2. The van der Waals surface area contributed by atoms with Crippen molar-refractivity contribution in [3.05, 3.63) is 48.4 Å². The minimum atomic E-state index is -0.269. The van der Waals surface area contributed by atoms with Gasteiger partial charge in [0, 0.05) is 12.6 Å². The molecule has 0 aliphatic rings. The summed E-state index contributed by atoms with van der Waals surface area (Å²) in [6, 6.07) is 10.6. The van der Waals surface area contributed by atoms with E-state index >= 15 is 0 Å². The lowest BCUT2D eigenvalue weighted by molar-refractivity contribution is -0.133. The number of nitrogens with one attached hydrogen (secondary N) is 1. The number of hydrogen-bond acceptors (Lipinski definition) is 4. The number of furan rings is 1. The van der Waals surface area contributed by atoms with Crippen LogP contribution in [0.25, 0.3) is 0 Å². The Balaban J connectivity index is 1.91. The lowest BCUT2D eigenvalue weighted by Crippen LogP contribution is -2.36. The van der Waals surface area contributed by atoms with Gasteiger partial charge >= 0.3 is 0 Å². The normalized spacial score (nSPS) is 10.5. The molecule has 0 saturated carbocycles. The van der Waals surface area contributed by atoms with Crippen LogP contribution in [0, 0.1) is 0 Å². The van der Waals surface area contributed by atoms with E-state index in [0.29, 0.717) is 11.4 Å². The SMILES string of the molecule is CC(=O)N(CC(=O)Nc1ccc(OC(C)C)cc1)Cc1ccco1. The van der Waals surface area contributed by atoms with Crippen LogP contribution in [-0.2, 0) is 16.1 Å². The molecule has 2 amide bonds. The van der Waals surface area contributed by atoms with Crippen LogP contribution >= 0.6 is 0 Å². The van der Waals surface area contributed by atoms with Crippen molar-refractivity contribution >= 4 is 17.5 Å². The highest BCUT2D eigenvalue weighted by Gasteiger charge is 2.15. The number of nitrogens with zero attached hydrogens (tertiary/aromatic N) is 1. The van der Waals surface area contributed by atoms with Gasteiger partial charge in [0.1, 0.15) is 18.1 Å². The maximum atomic E-state index is 12.2. The lowest BCUT2D eigenvalue weighted by atomic mass is 10.3. The predicted octanol–water partition coefficient (Wildman–Crippen LogP) is 3.05. The Kier molecular flexibility index (Phi) is 6.01. The first-order valence-corrected chi connectivity index (χ1v) is 7.78. The van der Waals surface area contributed by atoms with Crippen molar-refractivity contribution in [3.8, 4) is 5.75 Å². The van der Waals surface area contributed by atoms with Crippen molar-refractivity contribution in [1.29, 1.82) is 0 Å². The summed E-state index contributed by atoms with van der Waals surface area (Å²) in [6.07, 6.45) is 1.63. The van der Waals surface area contributed by atoms with E-state index in [1.54, 1.807) is 36.4 Å². The average molecular weight is 330 g/mol. The van der Waals surface area contributed by atoms with Crippen LogP contribution in [0.2, 0.25) is 0 Å². The number of benzene rings is 1. The summed E-state index contributed by atoms with van der Waals surface area (Å²) in [5, 5.41) is 2.77. The number of rotatable bonds is 7. The Morgan fingerprint density at radius 1 is 1.21 bits per heavy atom. The molecule has 2 rings (SSSR count). The molecule has 0 unspecified atom stereocenters. The Morgan fingerprint density at radius 2 is 1.92 bits per heavy atom. The van der Waals surface area contributed by atoms with Gasteiger partial charge in [0.15, 0.2) is 0 Å². The zero-order valence-electron chi connectivity index (χ0n) is 14.1. The van der Waals surface area contributed by atoms with E-state index in [1.807, 2.05) is 13.8 Å². The van der Waals surface area contributed by atoms with Gasteiger partial charge in [0.25, 0.3) is 0 Å². The molecule has 0 atom stereocenters. The van der Waals surface area contributed by atoms with E-state index in [4.69, 9.17) is 9.15 Å². The minimum Gasteiger partial charge on any atom is -0.491 e. The Hall–Kier alpha value is -2.76. The first-order chi connectivity index (χ1) is 11.4. The van der Waals surface area contributed by atoms with Gasteiger partial charge < -0.3 is 19.4 Å². The Morgan fingerprint density at radius 3 is 2.46 bits per heavy atom. The lowest BCUT2D eigenvalue weighted by Gasteiger charge is -2.19. The molecule has 1 heterocycles. The number of hydrogen-bond donors (Lipinski definition) is 1. The van der Waals surface area contributed by atoms with E-state index in [-0.39, 0.29) is 31.0 Å². The summed E-state index contributed by atoms with van der Waals surface area (Å²) in [4.78, 5) is 25.3. The smallest absolute Gasteiger partial charge is 0.244 e. The van der Waals surface area contributed by atoms with E-state index in [0.717, 1.165) is 5.75 Å². The van der Waals surface area contributed by atoms with Gasteiger partial charge in [-0.2, -0.15) is 0 Å². The van der Waals surface area contributed by atoms with Gasteiger partial charge in [0.2, 0.25) is 11.8 Å². The predicted molar refractivity (Wildman–Crippen MR) is 90.6 cm³/mol. The van der Waals surface area contributed by atoms with E-state index < -0.39 is 0 Å². The van der Waals surface area contributed by atoms with Gasteiger partial charge in [-0.15, -0.1) is 0 Å². The fourth-order valence-electron chi connectivity index (χ4n) is 2.13. The standard InChI is InChI=1S/C18H22N2O4/c1-13(2)24-16-8-6-15(7-9-16)19-18(22)12-20(14(3)21)11-17-5-4-10-23-17/h4-10,13H,11-12H2,1-3H3,(H,19,22). The molecular weight excluding hydrogens is 308 g/mol. The summed E-state index contributed by atoms with van der Waals surface area (Å²) in [5.74, 6) is 0.913. The maximum Gasteiger partial charge on any atom is 0.244 e. The highest BCUT2D eigenvalue weighted by molar-refractivity contribution is 5.94. The van der Waals surface area contributed by atoms with E-state index in [2.05, 4.69) is 5.32 Å². The third kappa shape index (κ3) is 5.46. The molecule has 24 heavy (non-hydrogen) atoms. The molecule has 6 nitrogen and oxygen atoms in total. The van der Waals surface area contributed by atoms with Crippen LogP contribution in [0.1, 0.15) is 26.5 Å². The van der Waals surface area contributed by atoms with Gasteiger partial charge in [-0.25, -0.2) is 0 Å². The first kappa shape index (κ1) is 17.6. The quantitative estimate of drug-likeness (QED) is 0.847. The molecule has 0 aliphatic carbocycles. The fraction of sp³-hybridized carbons (Fsp3) is 0.333. The van der Waals surface area contributed by atoms with Crippen molar-refractivity contribution in [2.24, 2.45) is 0 Å². The molecule has 128 valence electrons. The van der Waals surface area contributed by atoms with Crippen molar-refractivity contribution in [2.75, 3.05) is 11.9 Å². The topological polar surface area (TPSA) is 71.8 Å². The van der Waals surface area contributed by atoms with Crippen LogP contribution in [0.3, 0.4) is 0 Å². The van der Waals surface area contributed by atoms with E-state index in [1.165, 1.54) is 18.1 Å². The fourth-order valence-corrected chi connectivity index (χ4v) is 2.13.